The molecule has 0 unspecified atom stereocenters. The Bertz CT molecular complexity index is 582. The first-order valence-electron chi connectivity index (χ1n) is 7.77. The predicted octanol–water partition coefficient (Wildman–Crippen LogP) is 3.79. The molecule has 0 saturated carbocycles. The Labute approximate surface area is 126 Å². The maximum absolute atomic E-state index is 10.4. The van der Waals surface area contributed by atoms with E-state index in [0.717, 1.165) is 34.9 Å². The lowest BCUT2D eigenvalue weighted by molar-refractivity contribution is 0.131. The van der Waals surface area contributed by atoms with Crippen LogP contribution in [0.2, 0.25) is 0 Å². The van der Waals surface area contributed by atoms with Gasteiger partial charge in [-0.2, -0.15) is 0 Å². The number of aliphatic hydroxyl groups is 1. The third-order valence-corrected chi connectivity index (χ3v) is 3.83. The van der Waals surface area contributed by atoms with Crippen molar-refractivity contribution in [2.24, 2.45) is 5.73 Å². The van der Waals surface area contributed by atoms with Gasteiger partial charge in [-0.1, -0.05) is 50.1 Å². The zero-order valence-corrected chi connectivity index (χ0v) is 12.9. The molecule has 2 aromatic rings. The van der Waals surface area contributed by atoms with E-state index in [1.54, 1.807) is 0 Å². The van der Waals surface area contributed by atoms with Gasteiger partial charge in [-0.25, -0.2) is 0 Å². The highest BCUT2D eigenvalue weighted by molar-refractivity contribution is 5.88. The molecule has 0 aliphatic carbocycles. The SMILES string of the molecule is CCCC[C@@H](O)[C@@H](N)c1c(OCC)ccc2ccccc12. The highest BCUT2D eigenvalue weighted by Gasteiger charge is 2.22. The van der Waals surface area contributed by atoms with Gasteiger partial charge in [0.1, 0.15) is 5.75 Å². The van der Waals surface area contributed by atoms with Gasteiger partial charge < -0.3 is 15.6 Å². The lowest BCUT2D eigenvalue weighted by Crippen LogP contribution is -2.27. The first-order chi connectivity index (χ1) is 10.2. The van der Waals surface area contributed by atoms with Crippen LogP contribution in [0.3, 0.4) is 0 Å². The molecule has 3 heteroatoms. The Morgan fingerprint density at radius 3 is 2.62 bits per heavy atom. The van der Waals surface area contributed by atoms with Gasteiger partial charge in [0, 0.05) is 5.56 Å². The van der Waals surface area contributed by atoms with Gasteiger partial charge in [0.15, 0.2) is 0 Å². The normalized spacial score (nSPS) is 14.1. The van der Waals surface area contributed by atoms with Crippen LogP contribution in [0, 0.1) is 0 Å². The van der Waals surface area contributed by atoms with Crippen LogP contribution in [-0.4, -0.2) is 17.8 Å². The number of hydrogen-bond donors (Lipinski definition) is 2. The first-order valence-corrected chi connectivity index (χ1v) is 7.77. The van der Waals surface area contributed by atoms with Crippen molar-refractivity contribution in [3.63, 3.8) is 0 Å². The van der Waals surface area contributed by atoms with Crippen LogP contribution in [0.1, 0.15) is 44.7 Å². The standard InChI is InChI=1S/C18H25NO2/c1-3-5-10-15(20)18(19)17-14-9-7-6-8-13(14)11-12-16(17)21-4-2/h6-9,11-12,15,18,20H,3-5,10,19H2,1-2H3/t15-,18-/m1/s1. The summed E-state index contributed by atoms with van der Waals surface area (Å²) in [5.74, 6) is 0.777. The zero-order valence-electron chi connectivity index (χ0n) is 12.9. The minimum absolute atomic E-state index is 0.427. The summed E-state index contributed by atoms with van der Waals surface area (Å²) in [5, 5.41) is 12.6. The van der Waals surface area contributed by atoms with Crippen molar-refractivity contribution < 1.29 is 9.84 Å². The van der Waals surface area contributed by atoms with Crippen molar-refractivity contribution in [1.29, 1.82) is 0 Å². The molecule has 2 atom stereocenters. The van der Waals surface area contributed by atoms with E-state index in [9.17, 15) is 5.11 Å². The van der Waals surface area contributed by atoms with E-state index in [1.807, 2.05) is 37.3 Å². The monoisotopic (exact) mass is 287 g/mol. The van der Waals surface area contributed by atoms with Gasteiger partial charge in [-0.3, -0.25) is 0 Å². The molecule has 0 radical (unpaired) electrons. The summed E-state index contributed by atoms with van der Waals surface area (Å²) >= 11 is 0. The van der Waals surface area contributed by atoms with E-state index >= 15 is 0 Å². The van der Waals surface area contributed by atoms with E-state index in [2.05, 4.69) is 13.0 Å². The Morgan fingerprint density at radius 2 is 1.90 bits per heavy atom. The molecular formula is C18H25NO2. The lowest BCUT2D eigenvalue weighted by Gasteiger charge is -2.23. The molecule has 0 spiro atoms. The fourth-order valence-corrected chi connectivity index (χ4v) is 2.69. The van der Waals surface area contributed by atoms with E-state index < -0.39 is 12.1 Å². The predicted molar refractivity (Wildman–Crippen MR) is 87.6 cm³/mol. The number of ether oxygens (including phenoxy) is 1. The van der Waals surface area contributed by atoms with Crippen LogP contribution in [0.5, 0.6) is 5.75 Å². The van der Waals surface area contributed by atoms with E-state index in [1.165, 1.54) is 0 Å². The number of hydrogen-bond acceptors (Lipinski definition) is 3. The van der Waals surface area contributed by atoms with Gasteiger partial charge in [-0.15, -0.1) is 0 Å². The summed E-state index contributed by atoms with van der Waals surface area (Å²) in [6, 6.07) is 11.7. The number of unbranched alkanes of at least 4 members (excludes halogenated alkanes) is 1. The van der Waals surface area contributed by atoms with Crippen LogP contribution >= 0.6 is 0 Å². The smallest absolute Gasteiger partial charge is 0.124 e. The van der Waals surface area contributed by atoms with Crippen LogP contribution in [0.15, 0.2) is 36.4 Å². The minimum atomic E-state index is -0.546. The average molecular weight is 287 g/mol. The molecule has 0 aromatic heterocycles. The Hall–Kier alpha value is -1.58. The van der Waals surface area contributed by atoms with Gasteiger partial charge in [-0.05, 0) is 30.2 Å². The van der Waals surface area contributed by atoms with Crippen LogP contribution in [0.4, 0.5) is 0 Å². The summed E-state index contributed by atoms with van der Waals surface area (Å²) in [6.07, 6.45) is 2.20. The van der Waals surface area contributed by atoms with Crippen LogP contribution in [0.25, 0.3) is 10.8 Å². The third kappa shape index (κ3) is 3.55. The van der Waals surface area contributed by atoms with Crippen molar-refractivity contribution in [2.75, 3.05) is 6.61 Å². The van der Waals surface area contributed by atoms with Crippen molar-refractivity contribution in [3.8, 4) is 5.75 Å². The molecule has 0 saturated heterocycles. The number of rotatable bonds is 7. The fraction of sp³-hybridized carbons (Fsp3) is 0.444. The van der Waals surface area contributed by atoms with Crippen molar-refractivity contribution in [2.45, 2.75) is 45.3 Å². The van der Waals surface area contributed by atoms with Crippen molar-refractivity contribution in [3.05, 3.63) is 42.0 Å². The molecule has 3 N–H and O–H groups in total. The number of nitrogens with two attached hydrogens (primary N) is 1. The van der Waals surface area contributed by atoms with E-state index in [0.29, 0.717) is 13.0 Å². The number of benzene rings is 2. The summed E-state index contributed by atoms with van der Waals surface area (Å²) in [4.78, 5) is 0. The second kappa shape index (κ2) is 7.43. The second-order valence-corrected chi connectivity index (χ2v) is 5.37. The molecule has 2 rings (SSSR count). The zero-order chi connectivity index (χ0) is 15.2. The molecule has 0 heterocycles. The van der Waals surface area contributed by atoms with Gasteiger partial charge in [0.05, 0.1) is 18.8 Å². The quantitative estimate of drug-likeness (QED) is 0.814. The summed E-state index contributed by atoms with van der Waals surface area (Å²) in [7, 11) is 0. The van der Waals surface area contributed by atoms with Gasteiger partial charge >= 0.3 is 0 Å². The highest BCUT2D eigenvalue weighted by Crippen LogP contribution is 2.34. The number of aliphatic hydroxyl groups excluding tert-OH is 1. The molecule has 0 aliphatic heterocycles. The Morgan fingerprint density at radius 1 is 1.14 bits per heavy atom. The fourth-order valence-electron chi connectivity index (χ4n) is 2.69. The Balaban J connectivity index is 2.45. The van der Waals surface area contributed by atoms with Gasteiger partial charge in [0.2, 0.25) is 0 Å². The highest BCUT2D eigenvalue weighted by atomic mass is 16.5. The van der Waals surface area contributed by atoms with E-state index in [-0.39, 0.29) is 0 Å². The van der Waals surface area contributed by atoms with Crippen LogP contribution in [-0.2, 0) is 0 Å². The molecule has 0 fully saturated rings. The minimum Gasteiger partial charge on any atom is -0.494 e. The third-order valence-electron chi connectivity index (χ3n) is 3.83. The maximum Gasteiger partial charge on any atom is 0.124 e. The molecule has 3 nitrogen and oxygen atoms in total. The average Bonchev–Trinajstić information content (AvgIpc) is 2.52. The maximum atomic E-state index is 10.4. The molecule has 0 amide bonds. The summed E-state index contributed by atoms with van der Waals surface area (Å²) < 4.78 is 5.73. The molecule has 0 aliphatic rings. The number of fused-ring (bicyclic) bond motifs is 1. The van der Waals surface area contributed by atoms with Crippen LogP contribution < -0.4 is 10.5 Å². The Kier molecular flexibility index (Phi) is 5.59. The molecule has 114 valence electrons. The van der Waals surface area contributed by atoms with Crippen molar-refractivity contribution in [1.82, 2.24) is 0 Å². The van der Waals surface area contributed by atoms with Gasteiger partial charge in [0.25, 0.3) is 0 Å². The summed E-state index contributed by atoms with van der Waals surface area (Å²) in [5.41, 5.74) is 7.26. The largest absolute Gasteiger partial charge is 0.494 e. The first kappa shape index (κ1) is 15.8. The molecule has 21 heavy (non-hydrogen) atoms. The summed E-state index contributed by atoms with van der Waals surface area (Å²) in [6.45, 7) is 4.66. The molecular weight excluding hydrogens is 262 g/mol. The van der Waals surface area contributed by atoms with Crippen molar-refractivity contribution >= 4 is 10.8 Å². The van der Waals surface area contributed by atoms with E-state index in [4.69, 9.17) is 10.5 Å². The lowest BCUT2D eigenvalue weighted by atomic mass is 9.93. The second-order valence-electron chi connectivity index (χ2n) is 5.37. The molecule has 2 aromatic carbocycles. The topological polar surface area (TPSA) is 55.5 Å². The molecule has 0 bridgehead atoms.